The molecule has 1 heterocycles. The highest BCUT2D eigenvalue weighted by Gasteiger charge is 2.17. The topological polar surface area (TPSA) is 51.2 Å². The van der Waals surface area contributed by atoms with Gasteiger partial charge < -0.3 is 10.1 Å². The van der Waals surface area contributed by atoms with Gasteiger partial charge in [0.05, 0.1) is 24.7 Å². The number of carbonyl (C=O) groups excluding carboxylic acids is 1. The molecule has 0 saturated heterocycles. The van der Waals surface area contributed by atoms with Crippen molar-refractivity contribution in [1.82, 2.24) is 4.98 Å². The highest BCUT2D eigenvalue weighted by molar-refractivity contribution is 5.96. The zero-order valence-corrected chi connectivity index (χ0v) is 13.5. The molecule has 0 saturated carbocycles. The van der Waals surface area contributed by atoms with E-state index in [2.05, 4.69) is 10.3 Å². The second-order valence-electron chi connectivity index (χ2n) is 5.46. The fourth-order valence-corrected chi connectivity index (χ4v) is 2.64. The number of methoxy groups -OCH3 is 1. The molecule has 3 aromatic rings. The Balaban J connectivity index is 2.21. The SMILES string of the molecule is COC(=O)Cc1c(C)nc2ccc(F)cc2c1Nc1ccccc1. The Morgan fingerprint density at radius 2 is 1.96 bits per heavy atom. The van der Waals surface area contributed by atoms with Gasteiger partial charge in [-0.2, -0.15) is 0 Å². The van der Waals surface area contributed by atoms with Gasteiger partial charge in [-0.05, 0) is 37.3 Å². The molecule has 24 heavy (non-hydrogen) atoms. The number of esters is 1. The molecule has 3 rings (SSSR count). The predicted molar refractivity (Wildman–Crippen MR) is 91.9 cm³/mol. The summed E-state index contributed by atoms with van der Waals surface area (Å²) >= 11 is 0. The van der Waals surface area contributed by atoms with E-state index in [9.17, 15) is 9.18 Å². The van der Waals surface area contributed by atoms with Crippen LogP contribution in [-0.2, 0) is 16.0 Å². The molecular formula is C19H17FN2O2. The summed E-state index contributed by atoms with van der Waals surface area (Å²) in [4.78, 5) is 16.3. The smallest absolute Gasteiger partial charge is 0.310 e. The first-order valence-electron chi connectivity index (χ1n) is 7.56. The Morgan fingerprint density at radius 3 is 2.67 bits per heavy atom. The third-order valence-electron chi connectivity index (χ3n) is 3.85. The molecule has 1 aromatic heterocycles. The minimum atomic E-state index is -0.369. The van der Waals surface area contributed by atoms with Crippen LogP contribution in [0.4, 0.5) is 15.8 Å². The van der Waals surface area contributed by atoms with Crippen LogP contribution in [0, 0.1) is 12.7 Å². The van der Waals surface area contributed by atoms with Gasteiger partial charge in [-0.15, -0.1) is 0 Å². The first kappa shape index (κ1) is 15.9. The number of rotatable bonds is 4. The summed E-state index contributed by atoms with van der Waals surface area (Å²) in [6.45, 7) is 1.83. The third-order valence-corrected chi connectivity index (χ3v) is 3.85. The molecule has 0 amide bonds. The molecule has 0 bridgehead atoms. The van der Waals surface area contributed by atoms with Gasteiger partial charge in [-0.25, -0.2) is 4.39 Å². The van der Waals surface area contributed by atoms with Crippen LogP contribution < -0.4 is 5.32 Å². The van der Waals surface area contributed by atoms with Gasteiger partial charge in [-0.1, -0.05) is 18.2 Å². The molecule has 4 nitrogen and oxygen atoms in total. The van der Waals surface area contributed by atoms with Crippen molar-refractivity contribution in [2.75, 3.05) is 12.4 Å². The van der Waals surface area contributed by atoms with Crippen LogP contribution in [0.2, 0.25) is 0 Å². The minimum absolute atomic E-state index is 0.0664. The Bertz CT molecular complexity index is 895. The molecule has 2 aromatic carbocycles. The number of aryl methyl sites for hydroxylation is 1. The van der Waals surface area contributed by atoms with Crippen LogP contribution in [0.15, 0.2) is 48.5 Å². The lowest BCUT2D eigenvalue weighted by molar-refractivity contribution is -0.139. The van der Waals surface area contributed by atoms with E-state index in [4.69, 9.17) is 4.74 Å². The second kappa shape index (κ2) is 6.66. The Labute approximate surface area is 139 Å². The standard InChI is InChI=1S/C19H17FN2O2/c1-12-15(11-18(23)24-2)19(22-14-6-4-3-5-7-14)16-10-13(20)8-9-17(16)21-12/h3-10H,11H2,1-2H3,(H,21,22). The summed E-state index contributed by atoms with van der Waals surface area (Å²) in [7, 11) is 1.34. The lowest BCUT2D eigenvalue weighted by Crippen LogP contribution is -2.10. The number of halogens is 1. The van der Waals surface area contributed by atoms with E-state index in [0.29, 0.717) is 27.8 Å². The molecule has 5 heteroatoms. The van der Waals surface area contributed by atoms with E-state index >= 15 is 0 Å². The minimum Gasteiger partial charge on any atom is -0.469 e. The predicted octanol–water partition coefficient (Wildman–Crippen LogP) is 4.14. The maximum atomic E-state index is 13.8. The van der Waals surface area contributed by atoms with E-state index in [1.54, 1.807) is 6.07 Å². The number of hydrogen-bond donors (Lipinski definition) is 1. The molecular weight excluding hydrogens is 307 g/mol. The maximum absolute atomic E-state index is 13.8. The van der Waals surface area contributed by atoms with E-state index < -0.39 is 0 Å². The molecule has 0 radical (unpaired) electrons. The van der Waals surface area contributed by atoms with E-state index in [-0.39, 0.29) is 18.2 Å². The fraction of sp³-hybridized carbons (Fsp3) is 0.158. The van der Waals surface area contributed by atoms with Crippen molar-refractivity contribution >= 4 is 28.2 Å². The molecule has 0 unspecified atom stereocenters. The van der Waals surface area contributed by atoms with Crippen molar-refractivity contribution < 1.29 is 13.9 Å². The number of ether oxygens (including phenoxy) is 1. The van der Waals surface area contributed by atoms with Crippen LogP contribution in [0.5, 0.6) is 0 Å². The summed E-state index contributed by atoms with van der Waals surface area (Å²) in [6.07, 6.45) is 0.0664. The van der Waals surface area contributed by atoms with E-state index in [1.807, 2.05) is 37.3 Å². The van der Waals surface area contributed by atoms with Crippen LogP contribution >= 0.6 is 0 Å². The largest absolute Gasteiger partial charge is 0.469 e. The zero-order valence-electron chi connectivity index (χ0n) is 13.5. The number of pyridine rings is 1. The van der Waals surface area contributed by atoms with Crippen LogP contribution in [-0.4, -0.2) is 18.1 Å². The van der Waals surface area contributed by atoms with Gasteiger partial charge in [0, 0.05) is 22.3 Å². The summed E-state index contributed by atoms with van der Waals surface area (Å²) in [5.74, 6) is -0.722. The highest BCUT2D eigenvalue weighted by Crippen LogP contribution is 2.32. The van der Waals surface area contributed by atoms with Gasteiger partial charge in [0.25, 0.3) is 0 Å². The van der Waals surface area contributed by atoms with Crippen molar-refractivity contribution in [2.45, 2.75) is 13.3 Å². The van der Waals surface area contributed by atoms with Crippen LogP contribution in [0.3, 0.4) is 0 Å². The first-order chi connectivity index (χ1) is 11.6. The number of benzene rings is 2. The third kappa shape index (κ3) is 3.20. The van der Waals surface area contributed by atoms with Crippen LogP contribution in [0.25, 0.3) is 10.9 Å². The quantitative estimate of drug-likeness (QED) is 0.733. The number of anilines is 2. The normalized spacial score (nSPS) is 10.6. The molecule has 0 spiro atoms. The number of nitrogens with zero attached hydrogens (tertiary/aromatic N) is 1. The maximum Gasteiger partial charge on any atom is 0.310 e. The molecule has 1 N–H and O–H groups in total. The highest BCUT2D eigenvalue weighted by atomic mass is 19.1. The lowest BCUT2D eigenvalue weighted by Gasteiger charge is -2.17. The van der Waals surface area contributed by atoms with Gasteiger partial charge in [0.1, 0.15) is 5.82 Å². The first-order valence-corrected chi connectivity index (χ1v) is 7.56. The summed E-state index contributed by atoms with van der Waals surface area (Å²) in [6, 6.07) is 14.0. The lowest BCUT2D eigenvalue weighted by atomic mass is 10.0. The number of nitrogens with one attached hydrogen (secondary N) is 1. The van der Waals surface area contributed by atoms with Gasteiger partial charge in [0.15, 0.2) is 0 Å². The average molecular weight is 324 g/mol. The van der Waals surface area contributed by atoms with Gasteiger partial charge >= 0.3 is 5.97 Å². The number of aromatic nitrogens is 1. The molecule has 0 aliphatic heterocycles. The molecule has 0 aliphatic rings. The number of fused-ring (bicyclic) bond motifs is 1. The van der Waals surface area contributed by atoms with Gasteiger partial charge in [0.2, 0.25) is 0 Å². The molecule has 122 valence electrons. The van der Waals surface area contributed by atoms with Crippen molar-refractivity contribution in [3.05, 3.63) is 65.6 Å². The van der Waals surface area contributed by atoms with Crippen molar-refractivity contribution in [3.63, 3.8) is 0 Å². The average Bonchev–Trinajstić information content (AvgIpc) is 2.59. The number of para-hydroxylation sites is 1. The number of hydrogen-bond acceptors (Lipinski definition) is 4. The monoisotopic (exact) mass is 324 g/mol. The Hall–Kier alpha value is -2.95. The molecule has 0 atom stereocenters. The van der Waals surface area contributed by atoms with Crippen LogP contribution in [0.1, 0.15) is 11.3 Å². The number of carbonyl (C=O) groups is 1. The summed E-state index contributed by atoms with van der Waals surface area (Å²) in [5.41, 5.74) is 3.59. The summed E-state index contributed by atoms with van der Waals surface area (Å²) < 4.78 is 18.6. The second-order valence-corrected chi connectivity index (χ2v) is 5.46. The zero-order chi connectivity index (χ0) is 17.1. The molecule has 0 aliphatic carbocycles. The molecule has 0 fully saturated rings. The van der Waals surface area contributed by atoms with Crippen molar-refractivity contribution in [2.24, 2.45) is 0 Å². The van der Waals surface area contributed by atoms with Crippen molar-refractivity contribution in [3.8, 4) is 0 Å². The fourth-order valence-electron chi connectivity index (χ4n) is 2.64. The summed E-state index contributed by atoms with van der Waals surface area (Å²) in [5, 5.41) is 3.93. The van der Waals surface area contributed by atoms with Crippen molar-refractivity contribution in [1.29, 1.82) is 0 Å². The van der Waals surface area contributed by atoms with Gasteiger partial charge in [-0.3, -0.25) is 9.78 Å². The van der Waals surface area contributed by atoms with E-state index in [1.165, 1.54) is 19.2 Å². The Morgan fingerprint density at radius 1 is 1.21 bits per heavy atom. The van der Waals surface area contributed by atoms with E-state index in [0.717, 1.165) is 5.69 Å². The Kier molecular flexibility index (Phi) is 4.42.